The van der Waals surface area contributed by atoms with Crippen LogP contribution in [-0.4, -0.2) is 33.1 Å². The number of nitrogens with one attached hydrogen (secondary N) is 3. The molecule has 0 fully saturated rings. The Kier molecular flexibility index (Phi) is 5.47. The molecule has 0 aliphatic carbocycles. The Bertz CT molecular complexity index is 1170. The molecule has 4 aromatic rings. The van der Waals surface area contributed by atoms with Crippen LogP contribution < -0.4 is 10.6 Å². The fourth-order valence-electron chi connectivity index (χ4n) is 3.21. The number of carbonyl (C=O) groups is 2. The molecule has 0 saturated heterocycles. The number of rotatable bonds is 7. The lowest BCUT2D eigenvalue weighted by atomic mass is 10.1. The summed E-state index contributed by atoms with van der Waals surface area (Å²) in [5, 5.41) is 15.5. The molecule has 0 aliphatic rings. The Morgan fingerprint density at radius 3 is 2.67 bits per heavy atom. The molecule has 152 valence electrons. The summed E-state index contributed by atoms with van der Waals surface area (Å²) in [6.45, 7) is 0.0398. The number of carboxylic acid groups (broad SMARTS) is 1. The van der Waals surface area contributed by atoms with Crippen LogP contribution in [0.1, 0.15) is 11.5 Å². The van der Waals surface area contributed by atoms with Gasteiger partial charge in [-0.25, -0.2) is 14.6 Å². The van der Waals surface area contributed by atoms with E-state index in [9.17, 15) is 14.7 Å². The van der Waals surface area contributed by atoms with E-state index in [2.05, 4.69) is 20.6 Å². The van der Waals surface area contributed by atoms with E-state index in [1.165, 1.54) is 0 Å². The summed E-state index contributed by atoms with van der Waals surface area (Å²) in [5.74, 6) is -0.194. The molecule has 4 N–H and O–H groups in total. The molecule has 2 amide bonds. The van der Waals surface area contributed by atoms with Crippen molar-refractivity contribution in [1.82, 2.24) is 20.6 Å². The first-order chi connectivity index (χ1) is 14.6. The molecule has 1 atom stereocenters. The second-order valence-corrected chi connectivity index (χ2v) is 6.77. The zero-order valence-corrected chi connectivity index (χ0v) is 16.0. The third-order valence-corrected chi connectivity index (χ3v) is 4.71. The van der Waals surface area contributed by atoms with E-state index in [4.69, 9.17) is 4.42 Å². The molecule has 0 spiro atoms. The maximum Gasteiger partial charge on any atom is 0.326 e. The first kappa shape index (κ1) is 19.3. The van der Waals surface area contributed by atoms with Crippen molar-refractivity contribution in [1.29, 1.82) is 0 Å². The van der Waals surface area contributed by atoms with Crippen molar-refractivity contribution >= 4 is 22.9 Å². The third-order valence-electron chi connectivity index (χ3n) is 4.71. The van der Waals surface area contributed by atoms with E-state index in [0.717, 1.165) is 22.0 Å². The van der Waals surface area contributed by atoms with Gasteiger partial charge in [-0.1, -0.05) is 48.5 Å². The summed E-state index contributed by atoms with van der Waals surface area (Å²) in [4.78, 5) is 31.1. The van der Waals surface area contributed by atoms with Crippen LogP contribution in [-0.2, 0) is 17.8 Å². The Morgan fingerprint density at radius 2 is 1.87 bits per heavy atom. The molecule has 0 saturated carbocycles. The smallest absolute Gasteiger partial charge is 0.326 e. The Balaban J connectivity index is 1.36. The minimum Gasteiger partial charge on any atom is -0.480 e. The second kappa shape index (κ2) is 8.52. The van der Waals surface area contributed by atoms with E-state index in [1.807, 2.05) is 54.6 Å². The molecule has 30 heavy (non-hydrogen) atoms. The summed E-state index contributed by atoms with van der Waals surface area (Å²) >= 11 is 0. The first-order valence-electron chi connectivity index (χ1n) is 9.42. The maximum absolute atomic E-state index is 12.2. The van der Waals surface area contributed by atoms with Crippen molar-refractivity contribution in [2.75, 3.05) is 0 Å². The van der Waals surface area contributed by atoms with Gasteiger partial charge in [-0.05, 0) is 11.6 Å². The SMILES string of the molecule is O=C(NCc1ncc(-c2ccccc2)o1)N[C@@H](Cc1c[nH]c2ccccc12)C(=O)O. The minimum atomic E-state index is -1.11. The van der Waals surface area contributed by atoms with E-state index < -0.39 is 18.0 Å². The number of aromatic nitrogens is 2. The molecule has 2 heterocycles. The lowest BCUT2D eigenvalue weighted by Gasteiger charge is -2.14. The summed E-state index contributed by atoms with van der Waals surface area (Å²) < 4.78 is 5.63. The van der Waals surface area contributed by atoms with Crippen molar-refractivity contribution in [3.63, 3.8) is 0 Å². The van der Waals surface area contributed by atoms with Gasteiger partial charge in [0.1, 0.15) is 6.04 Å². The van der Waals surface area contributed by atoms with Crippen molar-refractivity contribution < 1.29 is 19.1 Å². The lowest BCUT2D eigenvalue weighted by molar-refractivity contribution is -0.139. The number of carboxylic acids is 1. The lowest BCUT2D eigenvalue weighted by Crippen LogP contribution is -2.46. The summed E-state index contributed by atoms with van der Waals surface area (Å²) in [6.07, 6.45) is 3.50. The predicted molar refractivity (Wildman–Crippen MR) is 111 cm³/mol. The summed E-state index contributed by atoms with van der Waals surface area (Å²) in [5.41, 5.74) is 2.61. The Morgan fingerprint density at radius 1 is 1.10 bits per heavy atom. The van der Waals surface area contributed by atoms with Crippen LogP contribution in [0.5, 0.6) is 0 Å². The van der Waals surface area contributed by atoms with Crippen LogP contribution in [0.25, 0.3) is 22.2 Å². The van der Waals surface area contributed by atoms with Gasteiger partial charge < -0.3 is 25.1 Å². The number of nitrogens with zero attached hydrogens (tertiary/aromatic N) is 1. The Labute approximate surface area is 171 Å². The molecule has 0 aliphatic heterocycles. The molecule has 0 radical (unpaired) electrons. The van der Waals surface area contributed by atoms with Gasteiger partial charge >= 0.3 is 12.0 Å². The first-order valence-corrected chi connectivity index (χ1v) is 9.42. The van der Waals surface area contributed by atoms with Gasteiger partial charge in [0.05, 0.1) is 12.7 Å². The zero-order chi connectivity index (χ0) is 20.9. The minimum absolute atomic E-state index is 0.0398. The number of H-pyrrole nitrogens is 1. The van der Waals surface area contributed by atoms with Crippen molar-refractivity contribution in [2.24, 2.45) is 0 Å². The van der Waals surface area contributed by atoms with Crippen LogP contribution in [0.2, 0.25) is 0 Å². The average molecular weight is 404 g/mol. The second-order valence-electron chi connectivity index (χ2n) is 6.77. The monoisotopic (exact) mass is 404 g/mol. The molecule has 2 aromatic heterocycles. The van der Waals surface area contributed by atoms with Gasteiger partial charge in [-0.15, -0.1) is 0 Å². The van der Waals surface area contributed by atoms with E-state index >= 15 is 0 Å². The molecule has 0 unspecified atom stereocenters. The topological polar surface area (TPSA) is 120 Å². The van der Waals surface area contributed by atoms with Crippen LogP contribution in [0.4, 0.5) is 4.79 Å². The number of fused-ring (bicyclic) bond motifs is 1. The van der Waals surface area contributed by atoms with E-state index in [1.54, 1.807) is 12.4 Å². The highest BCUT2D eigenvalue weighted by atomic mass is 16.4. The number of aliphatic carboxylic acids is 1. The molecular weight excluding hydrogens is 384 g/mol. The molecule has 2 aromatic carbocycles. The molecular formula is C22H20N4O4. The number of hydrogen-bond acceptors (Lipinski definition) is 4. The number of amides is 2. The van der Waals surface area contributed by atoms with Crippen LogP contribution in [0.15, 0.2) is 71.4 Å². The fourth-order valence-corrected chi connectivity index (χ4v) is 3.21. The van der Waals surface area contributed by atoms with Crippen molar-refractivity contribution in [3.05, 3.63) is 78.4 Å². The average Bonchev–Trinajstić information content (AvgIpc) is 3.40. The number of oxazole rings is 1. The largest absolute Gasteiger partial charge is 0.480 e. The van der Waals surface area contributed by atoms with Gasteiger partial charge in [0.25, 0.3) is 0 Å². The predicted octanol–water partition coefficient (Wildman–Crippen LogP) is 3.32. The number of benzene rings is 2. The van der Waals surface area contributed by atoms with Gasteiger partial charge in [-0.2, -0.15) is 0 Å². The molecule has 0 bridgehead atoms. The molecule has 8 nitrogen and oxygen atoms in total. The van der Waals surface area contributed by atoms with Crippen LogP contribution in [0.3, 0.4) is 0 Å². The van der Waals surface area contributed by atoms with E-state index in [0.29, 0.717) is 11.7 Å². The van der Waals surface area contributed by atoms with Crippen LogP contribution in [0, 0.1) is 0 Å². The Hall–Kier alpha value is -4.07. The number of urea groups is 1. The van der Waals surface area contributed by atoms with Crippen molar-refractivity contribution in [2.45, 2.75) is 19.0 Å². The summed E-state index contributed by atoms with van der Waals surface area (Å²) in [7, 11) is 0. The highest BCUT2D eigenvalue weighted by Gasteiger charge is 2.22. The highest BCUT2D eigenvalue weighted by Crippen LogP contribution is 2.20. The van der Waals surface area contributed by atoms with Crippen LogP contribution >= 0.6 is 0 Å². The maximum atomic E-state index is 12.2. The summed E-state index contributed by atoms with van der Waals surface area (Å²) in [6, 6.07) is 15.4. The molecule has 4 rings (SSSR count). The quantitative estimate of drug-likeness (QED) is 0.377. The normalized spacial score (nSPS) is 11.9. The van der Waals surface area contributed by atoms with Gasteiger partial charge in [-0.3, -0.25) is 0 Å². The number of hydrogen-bond donors (Lipinski definition) is 4. The van der Waals surface area contributed by atoms with Gasteiger partial charge in [0.15, 0.2) is 5.76 Å². The highest BCUT2D eigenvalue weighted by molar-refractivity contribution is 5.86. The third kappa shape index (κ3) is 4.33. The standard InChI is InChI=1S/C22H20N4O4/c27-21(28)18(10-15-11-23-17-9-5-4-8-16(15)17)26-22(29)25-13-20-24-12-19(30-20)14-6-2-1-3-7-14/h1-9,11-12,18,23H,10,13H2,(H,27,28)(H2,25,26,29)/t18-/m0/s1. The van der Waals surface area contributed by atoms with Gasteiger partial charge in [0.2, 0.25) is 5.89 Å². The van der Waals surface area contributed by atoms with E-state index in [-0.39, 0.29) is 13.0 Å². The van der Waals surface area contributed by atoms with Gasteiger partial charge in [0, 0.05) is 29.1 Å². The van der Waals surface area contributed by atoms with Crippen molar-refractivity contribution in [3.8, 4) is 11.3 Å². The fraction of sp³-hybridized carbons (Fsp3) is 0.136. The number of carbonyl (C=O) groups excluding carboxylic acids is 1. The number of para-hydroxylation sites is 1. The number of aromatic amines is 1. The zero-order valence-electron chi connectivity index (χ0n) is 16.0. The molecule has 8 heteroatoms.